The van der Waals surface area contributed by atoms with Gasteiger partial charge in [-0.1, -0.05) is 0 Å². The molecule has 0 spiro atoms. The van der Waals surface area contributed by atoms with Gasteiger partial charge in [0.05, 0.1) is 25.3 Å². The second kappa shape index (κ2) is 7.75. The lowest BCUT2D eigenvalue weighted by atomic mass is 10.1. The molecule has 16 heteroatoms. The summed E-state index contributed by atoms with van der Waals surface area (Å²) in [6.45, 7) is -0.590. The molecule has 0 amide bonds. The molecule has 0 aliphatic carbocycles. The lowest BCUT2D eigenvalue weighted by Gasteiger charge is -2.18. The summed E-state index contributed by atoms with van der Waals surface area (Å²) >= 11 is 0. The van der Waals surface area contributed by atoms with Crippen molar-refractivity contribution in [1.29, 1.82) is 0 Å². The molecule has 0 radical (unpaired) electrons. The fraction of sp³-hybridized carbons (Fsp3) is 0.583. The second-order valence-corrected chi connectivity index (χ2v) is 9.93. The highest BCUT2D eigenvalue weighted by Gasteiger charge is 2.45. The Hall–Kier alpha value is -1.47. The SMILES string of the molecule is Nc1ncnc2c1ncn2[C@@H]1O[C@H](COP(=O)(O)CCP(=O)(O)O)[C@@H](O)[C@H]1O. The molecule has 2 aromatic rings. The Morgan fingerprint density at radius 3 is 2.54 bits per heavy atom. The highest BCUT2D eigenvalue weighted by atomic mass is 31.2. The van der Waals surface area contributed by atoms with Gasteiger partial charge in [0.25, 0.3) is 0 Å². The molecule has 1 aliphatic rings. The van der Waals surface area contributed by atoms with Crippen LogP contribution in [0, 0.1) is 0 Å². The number of hydrogen-bond donors (Lipinski definition) is 6. The number of nitrogen functional groups attached to an aromatic ring is 1. The van der Waals surface area contributed by atoms with Crippen LogP contribution in [0.2, 0.25) is 0 Å². The van der Waals surface area contributed by atoms with E-state index in [0.717, 1.165) is 0 Å². The Labute approximate surface area is 157 Å². The molecule has 5 atom stereocenters. The predicted octanol–water partition coefficient (Wildman–Crippen LogP) is -1.59. The first-order chi connectivity index (χ1) is 13.0. The molecular formula is C12H19N5O9P2. The summed E-state index contributed by atoms with van der Waals surface area (Å²) in [5.41, 5.74) is 6.22. The second-order valence-electron chi connectivity index (χ2n) is 6.17. The lowest BCUT2D eigenvalue weighted by molar-refractivity contribution is -0.0484. The van der Waals surface area contributed by atoms with Gasteiger partial charge in [0, 0.05) is 0 Å². The molecule has 0 aromatic carbocycles. The highest BCUT2D eigenvalue weighted by molar-refractivity contribution is 7.56. The number of imidazole rings is 1. The standard InChI is InChI=1S/C12H19N5O9P2/c13-10-7-11(15-4-14-10)17(5-16-7)12-9(19)8(18)6(26-12)3-25-28(23,24)2-1-27(20,21)22/h4-6,8-9,12,18-19H,1-3H2,(H,23,24)(H2,13,14,15)(H2,20,21,22)/t6-,8-,9-,12-/m1/s1. The van der Waals surface area contributed by atoms with Crippen LogP contribution in [0.5, 0.6) is 0 Å². The summed E-state index contributed by atoms with van der Waals surface area (Å²) in [6.07, 6.45) is -4.34. The van der Waals surface area contributed by atoms with Crippen LogP contribution in [0.1, 0.15) is 6.23 Å². The number of hydrogen-bond acceptors (Lipinski definition) is 10. The van der Waals surface area contributed by atoms with E-state index in [1.807, 2.05) is 0 Å². The molecule has 28 heavy (non-hydrogen) atoms. The Kier molecular flexibility index (Phi) is 5.88. The first kappa shape index (κ1) is 21.2. The molecule has 3 heterocycles. The first-order valence-electron chi connectivity index (χ1n) is 7.94. The molecule has 14 nitrogen and oxygen atoms in total. The summed E-state index contributed by atoms with van der Waals surface area (Å²) < 4.78 is 34.4. The number of aromatic nitrogens is 4. The normalized spacial score (nSPS) is 27.9. The van der Waals surface area contributed by atoms with Crippen LogP contribution in [0.25, 0.3) is 11.2 Å². The van der Waals surface area contributed by atoms with Crippen molar-refractivity contribution < 1.29 is 43.3 Å². The molecule has 1 saturated heterocycles. The zero-order valence-corrected chi connectivity index (χ0v) is 16.0. The van der Waals surface area contributed by atoms with Gasteiger partial charge in [-0.3, -0.25) is 13.7 Å². The number of rotatable bonds is 7. The van der Waals surface area contributed by atoms with Crippen LogP contribution >= 0.6 is 15.2 Å². The van der Waals surface area contributed by atoms with Gasteiger partial charge >= 0.3 is 15.2 Å². The summed E-state index contributed by atoms with van der Waals surface area (Å²) in [4.78, 5) is 39.1. The Morgan fingerprint density at radius 2 is 1.86 bits per heavy atom. The number of nitrogens with zero attached hydrogens (tertiary/aromatic N) is 4. The molecule has 1 unspecified atom stereocenters. The number of fused-ring (bicyclic) bond motifs is 1. The number of nitrogens with two attached hydrogens (primary N) is 1. The summed E-state index contributed by atoms with van der Waals surface area (Å²) in [6, 6.07) is 0. The number of anilines is 1. The van der Waals surface area contributed by atoms with Crippen LogP contribution in [-0.4, -0.2) is 81.7 Å². The molecule has 0 saturated carbocycles. The van der Waals surface area contributed by atoms with Gasteiger partial charge in [0.1, 0.15) is 30.2 Å². The van der Waals surface area contributed by atoms with E-state index in [-0.39, 0.29) is 17.0 Å². The predicted molar refractivity (Wildman–Crippen MR) is 93.2 cm³/mol. The van der Waals surface area contributed by atoms with Crippen LogP contribution in [-0.2, 0) is 18.4 Å². The van der Waals surface area contributed by atoms with E-state index in [2.05, 4.69) is 15.0 Å². The number of aliphatic hydroxyl groups is 2. The molecule has 0 bridgehead atoms. The van der Waals surface area contributed by atoms with E-state index in [1.54, 1.807) is 0 Å². The monoisotopic (exact) mass is 439 g/mol. The van der Waals surface area contributed by atoms with Crippen LogP contribution in [0.4, 0.5) is 5.82 Å². The molecule has 3 rings (SSSR count). The van der Waals surface area contributed by atoms with Gasteiger partial charge in [-0.05, 0) is 0 Å². The van der Waals surface area contributed by atoms with Crippen molar-refractivity contribution in [3.63, 3.8) is 0 Å². The third kappa shape index (κ3) is 4.57. The number of aliphatic hydroxyl groups excluding tert-OH is 2. The largest absolute Gasteiger partial charge is 0.387 e. The van der Waals surface area contributed by atoms with Crippen LogP contribution < -0.4 is 5.73 Å². The lowest BCUT2D eigenvalue weighted by Crippen LogP contribution is -2.33. The van der Waals surface area contributed by atoms with Crippen LogP contribution in [0.3, 0.4) is 0 Å². The Morgan fingerprint density at radius 1 is 1.14 bits per heavy atom. The fourth-order valence-corrected chi connectivity index (χ4v) is 5.23. The molecule has 1 fully saturated rings. The summed E-state index contributed by atoms with van der Waals surface area (Å²) in [7, 11) is -8.80. The maximum Gasteiger partial charge on any atom is 0.328 e. The van der Waals surface area contributed by atoms with Crippen molar-refractivity contribution in [1.82, 2.24) is 19.5 Å². The molecule has 7 N–H and O–H groups in total. The summed E-state index contributed by atoms with van der Waals surface area (Å²) in [5.74, 6) is 0.114. The van der Waals surface area contributed by atoms with Crippen molar-refractivity contribution in [2.24, 2.45) is 0 Å². The molecule has 1 aliphatic heterocycles. The third-order valence-electron chi connectivity index (χ3n) is 4.11. The van der Waals surface area contributed by atoms with Crippen molar-refractivity contribution in [2.75, 3.05) is 24.7 Å². The highest BCUT2D eigenvalue weighted by Crippen LogP contribution is 2.47. The molecule has 156 valence electrons. The number of ether oxygens (including phenoxy) is 1. The van der Waals surface area contributed by atoms with E-state index in [4.69, 9.17) is 24.8 Å². The van der Waals surface area contributed by atoms with Gasteiger partial charge in [0.2, 0.25) is 0 Å². The van der Waals surface area contributed by atoms with Crippen molar-refractivity contribution in [2.45, 2.75) is 24.5 Å². The zero-order chi connectivity index (χ0) is 20.7. The zero-order valence-electron chi connectivity index (χ0n) is 14.2. The average molecular weight is 439 g/mol. The first-order valence-corrected chi connectivity index (χ1v) is 11.5. The van der Waals surface area contributed by atoms with Gasteiger partial charge in [-0.15, -0.1) is 0 Å². The van der Waals surface area contributed by atoms with Gasteiger partial charge in [-0.25, -0.2) is 15.0 Å². The molecular weight excluding hydrogens is 420 g/mol. The topological polar surface area (TPSA) is 223 Å². The van der Waals surface area contributed by atoms with Crippen molar-refractivity contribution in [3.8, 4) is 0 Å². The fourth-order valence-electron chi connectivity index (χ4n) is 2.66. The minimum absolute atomic E-state index is 0.114. The van der Waals surface area contributed by atoms with E-state index in [1.165, 1.54) is 17.2 Å². The van der Waals surface area contributed by atoms with Gasteiger partial charge in [-0.2, -0.15) is 0 Å². The minimum Gasteiger partial charge on any atom is -0.387 e. The Bertz CT molecular complexity index is 949. The summed E-state index contributed by atoms with van der Waals surface area (Å²) in [5, 5.41) is 20.4. The van der Waals surface area contributed by atoms with E-state index in [9.17, 15) is 24.2 Å². The van der Waals surface area contributed by atoms with Gasteiger partial charge < -0.3 is 39.9 Å². The molecule has 2 aromatic heterocycles. The van der Waals surface area contributed by atoms with Gasteiger partial charge in [0.15, 0.2) is 17.7 Å². The van der Waals surface area contributed by atoms with Crippen molar-refractivity contribution in [3.05, 3.63) is 12.7 Å². The smallest absolute Gasteiger partial charge is 0.328 e. The van der Waals surface area contributed by atoms with Crippen LogP contribution in [0.15, 0.2) is 12.7 Å². The van der Waals surface area contributed by atoms with Crippen molar-refractivity contribution >= 4 is 32.2 Å². The maximum absolute atomic E-state index is 11.9. The van der Waals surface area contributed by atoms with E-state index >= 15 is 0 Å². The third-order valence-corrected chi connectivity index (χ3v) is 6.61. The minimum atomic E-state index is -4.47. The van der Waals surface area contributed by atoms with E-state index < -0.39 is 58.7 Å². The quantitative estimate of drug-likeness (QED) is 0.268. The Balaban J connectivity index is 1.69. The average Bonchev–Trinajstić information content (AvgIpc) is 3.15. The van der Waals surface area contributed by atoms with E-state index in [0.29, 0.717) is 0 Å². The maximum atomic E-state index is 11.9.